The van der Waals surface area contributed by atoms with Gasteiger partial charge in [0.25, 0.3) is 5.91 Å². The Morgan fingerprint density at radius 1 is 1.47 bits per heavy atom. The number of anilines is 1. The predicted octanol–water partition coefficient (Wildman–Crippen LogP) is 2.07. The highest BCUT2D eigenvalue weighted by atomic mass is 16.5. The van der Waals surface area contributed by atoms with Crippen LogP contribution < -0.4 is 5.73 Å². The lowest BCUT2D eigenvalue weighted by molar-refractivity contribution is -0.00155. The molecule has 0 bridgehead atoms. The summed E-state index contributed by atoms with van der Waals surface area (Å²) in [7, 11) is 1.71. The van der Waals surface area contributed by atoms with Crippen molar-refractivity contribution < 1.29 is 9.53 Å². The van der Waals surface area contributed by atoms with Gasteiger partial charge in [0.1, 0.15) is 0 Å². The molecule has 0 saturated carbocycles. The second kappa shape index (κ2) is 5.61. The first-order valence-electron chi connectivity index (χ1n) is 6.71. The Labute approximate surface area is 114 Å². The molecule has 1 aliphatic rings. The minimum atomic E-state index is 0.0181. The predicted molar refractivity (Wildman–Crippen MR) is 76.1 cm³/mol. The Morgan fingerprint density at radius 3 is 2.84 bits per heavy atom. The highest BCUT2D eigenvalue weighted by molar-refractivity contribution is 6.00. The van der Waals surface area contributed by atoms with Gasteiger partial charge >= 0.3 is 0 Å². The third kappa shape index (κ3) is 2.73. The Hall–Kier alpha value is -1.55. The number of piperidine rings is 1. The van der Waals surface area contributed by atoms with Crippen LogP contribution in [0.4, 0.5) is 5.69 Å². The second-order valence-corrected chi connectivity index (χ2v) is 5.33. The van der Waals surface area contributed by atoms with Gasteiger partial charge in [-0.15, -0.1) is 0 Å². The summed E-state index contributed by atoms with van der Waals surface area (Å²) in [4.78, 5) is 14.5. The molecule has 1 heterocycles. The number of carbonyl (C=O) groups is 1. The molecular formula is C15H22N2O2. The van der Waals surface area contributed by atoms with Crippen LogP contribution >= 0.6 is 0 Å². The number of nitrogens with two attached hydrogens (primary N) is 1. The molecule has 104 valence electrons. The zero-order valence-corrected chi connectivity index (χ0v) is 11.8. The maximum Gasteiger partial charge on any atom is 0.256 e. The van der Waals surface area contributed by atoms with Gasteiger partial charge in [-0.05, 0) is 30.9 Å². The topological polar surface area (TPSA) is 55.6 Å². The fraction of sp³-hybridized carbons (Fsp3) is 0.533. The minimum Gasteiger partial charge on any atom is -0.398 e. The van der Waals surface area contributed by atoms with Crippen LogP contribution in [0.5, 0.6) is 0 Å². The molecule has 0 aromatic heterocycles. The molecule has 1 fully saturated rings. The van der Waals surface area contributed by atoms with E-state index >= 15 is 0 Å². The van der Waals surface area contributed by atoms with E-state index in [1.54, 1.807) is 13.2 Å². The third-order valence-corrected chi connectivity index (χ3v) is 4.00. The summed E-state index contributed by atoms with van der Waals surface area (Å²) in [6.07, 6.45) is 1.08. The molecular weight excluding hydrogens is 240 g/mol. The molecule has 2 rings (SSSR count). The lowest BCUT2D eigenvalue weighted by Gasteiger charge is -2.36. The summed E-state index contributed by atoms with van der Waals surface area (Å²) in [6, 6.07) is 5.57. The smallest absolute Gasteiger partial charge is 0.256 e. The van der Waals surface area contributed by atoms with Crippen molar-refractivity contribution >= 4 is 11.6 Å². The van der Waals surface area contributed by atoms with E-state index in [1.807, 2.05) is 24.0 Å². The van der Waals surface area contributed by atoms with Crippen LogP contribution in [0.3, 0.4) is 0 Å². The van der Waals surface area contributed by atoms with Crippen molar-refractivity contribution in [2.75, 3.05) is 25.9 Å². The molecule has 19 heavy (non-hydrogen) atoms. The van der Waals surface area contributed by atoms with Crippen molar-refractivity contribution in [3.05, 3.63) is 29.3 Å². The number of ether oxygens (including phenoxy) is 1. The van der Waals surface area contributed by atoms with E-state index in [0.717, 1.165) is 18.5 Å². The first-order valence-corrected chi connectivity index (χ1v) is 6.71. The fourth-order valence-electron chi connectivity index (χ4n) is 2.67. The molecule has 1 aromatic carbocycles. The number of likely N-dealkylation sites (tertiary alicyclic amines) is 1. The van der Waals surface area contributed by atoms with Crippen LogP contribution in [0, 0.1) is 12.8 Å². The van der Waals surface area contributed by atoms with Crippen molar-refractivity contribution in [2.24, 2.45) is 5.92 Å². The zero-order valence-electron chi connectivity index (χ0n) is 11.8. The van der Waals surface area contributed by atoms with Gasteiger partial charge in [-0.1, -0.05) is 19.1 Å². The van der Waals surface area contributed by atoms with Crippen molar-refractivity contribution in [2.45, 2.75) is 26.4 Å². The van der Waals surface area contributed by atoms with Gasteiger partial charge in [0, 0.05) is 25.9 Å². The van der Waals surface area contributed by atoms with E-state index in [1.165, 1.54) is 0 Å². The number of hydrogen-bond donors (Lipinski definition) is 1. The van der Waals surface area contributed by atoms with Gasteiger partial charge in [0.15, 0.2) is 0 Å². The van der Waals surface area contributed by atoms with E-state index in [2.05, 4.69) is 6.92 Å². The maximum absolute atomic E-state index is 12.6. The molecule has 2 N–H and O–H groups in total. The molecule has 4 heteroatoms. The number of hydrogen-bond acceptors (Lipinski definition) is 3. The van der Waals surface area contributed by atoms with E-state index in [4.69, 9.17) is 10.5 Å². The van der Waals surface area contributed by atoms with Crippen LogP contribution in [-0.2, 0) is 4.74 Å². The molecule has 0 spiro atoms. The molecule has 1 aliphatic heterocycles. The fourth-order valence-corrected chi connectivity index (χ4v) is 2.67. The summed E-state index contributed by atoms with van der Waals surface area (Å²) < 4.78 is 5.46. The van der Waals surface area contributed by atoms with Gasteiger partial charge in [0.05, 0.1) is 11.7 Å². The number of rotatable bonds is 2. The largest absolute Gasteiger partial charge is 0.398 e. The highest BCUT2D eigenvalue weighted by Gasteiger charge is 2.30. The number of nitrogen functional groups attached to an aromatic ring is 1. The average molecular weight is 262 g/mol. The molecule has 1 aromatic rings. The van der Waals surface area contributed by atoms with Gasteiger partial charge in [-0.2, -0.15) is 0 Å². The molecule has 0 aliphatic carbocycles. The van der Waals surface area contributed by atoms with E-state index in [9.17, 15) is 4.79 Å². The Bertz CT molecular complexity index is 453. The van der Waals surface area contributed by atoms with Crippen molar-refractivity contribution in [1.29, 1.82) is 0 Å². The van der Waals surface area contributed by atoms with E-state index < -0.39 is 0 Å². The van der Waals surface area contributed by atoms with E-state index in [-0.39, 0.29) is 12.0 Å². The average Bonchev–Trinajstić information content (AvgIpc) is 2.39. The number of aryl methyl sites for hydroxylation is 1. The third-order valence-electron chi connectivity index (χ3n) is 4.00. The van der Waals surface area contributed by atoms with E-state index in [0.29, 0.717) is 23.7 Å². The normalized spacial score (nSPS) is 23.4. The standard InChI is InChI=1S/C15H22N2O2/c1-10-7-8-17(9-13(10)19-3)15(18)14-11(2)5-4-6-12(14)16/h4-6,10,13H,7-9,16H2,1-3H3. The van der Waals surface area contributed by atoms with Gasteiger partial charge in [-0.25, -0.2) is 0 Å². The Kier molecular flexibility index (Phi) is 4.10. The van der Waals surface area contributed by atoms with Gasteiger partial charge < -0.3 is 15.4 Å². The number of methoxy groups -OCH3 is 1. The van der Waals surface area contributed by atoms with Crippen LogP contribution in [-0.4, -0.2) is 37.1 Å². The first kappa shape index (κ1) is 13.9. The van der Waals surface area contributed by atoms with Crippen LogP contribution in [0.1, 0.15) is 29.3 Å². The summed E-state index contributed by atoms with van der Waals surface area (Å²) >= 11 is 0. The molecule has 1 saturated heterocycles. The van der Waals surface area contributed by atoms with Crippen molar-refractivity contribution in [3.8, 4) is 0 Å². The Balaban J connectivity index is 2.20. The van der Waals surface area contributed by atoms with Crippen molar-refractivity contribution in [3.63, 3.8) is 0 Å². The minimum absolute atomic E-state index is 0.0181. The van der Waals surface area contributed by atoms with Crippen LogP contribution in [0.2, 0.25) is 0 Å². The lowest BCUT2D eigenvalue weighted by atomic mass is 9.94. The molecule has 2 atom stereocenters. The van der Waals surface area contributed by atoms with Gasteiger partial charge in [-0.3, -0.25) is 4.79 Å². The maximum atomic E-state index is 12.6. The summed E-state index contributed by atoms with van der Waals surface area (Å²) in [5.41, 5.74) is 8.06. The summed E-state index contributed by atoms with van der Waals surface area (Å²) in [5, 5.41) is 0. The van der Waals surface area contributed by atoms with Crippen LogP contribution in [0.25, 0.3) is 0 Å². The molecule has 1 amide bonds. The summed E-state index contributed by atoms with van der Waals surface area (Å²) in [5.74, 6) is 0.507. The van der Waals surface area contributed by atoms with Gasteiger partial charge in [0.2, 0.25) is 0 Å². The lowest BCUT2D eigenvalue weighted by Crippen LogP contribution is -2.46. The SMILES string of the molecule is COC1CN(C(=O)c2c(C)cccc2N)CCC1C. The van der Waals surface area contributed by atoms with Crippen molar-refractivity contribution in [1.82, 2.24) is 4.90 Å². The summed E-state index contributed by atoms with van der Waals surface area (Å²) in [6.45, 7) is 5.50. The zero-order chi connectivity index (χ0) is 14.0. The monoisotopic (exact) mass is 262 g/mol. The number of nitrogens with zero attached hydrogens (tertiary/aromatic N) is 1. The second-order valence-electron chi connectivity index (χ2n) is 5.33. The highest BCUT2D eigenvalue weighted by Crippen LogP contribution is 2.24. The molecule has 2 unspecified atom stereocenters. The number of carbonyl (C=O) groups excluding carboxylic acids is 1. The molecule has 4 nitrogen and oxygen atoms in total. The quantitative estimate of drug-likeness (QED) is 0.830. The number of benzene rings is 1. The van der Waals surface area contributed by atoms with Crippen LogP contribution in [0.15, 0.2) is 18.2 Å². The number of amides is 1. The first-order chi connectivity index (χ1) is 9.04. The Morgan fingerprint density at radius 2 is 2.21 bits per heavy atom. The molecule has 0 radical (unpaired) electrons.